The second kappa shape index (κ2) is 6.93. The van der Waals surface area contributed by atoms with Gasteiger partial charge in [-0.1, -0.05) is 43.5 Å². The summed E-state index contributed by atoms with van der Waals surface area (Å²) in [5.74, 6) is 0.908. The van der Waals surface area contributed by atoms with Crippen molar-refractivity contribution >= 4 is 0 Å². The van der Waals surface area contributed by atoms with Gasteiger partial charge in [0.05, 0.1) is 0 Å². The van der Waals surface area contributed by atoms with Crippen LogP contribution in [0.15, 0.2) is 24.3 Å². The van der Waals surface area contributed by atoms with E-state index in [-0.39, 0.29) is 0 Å². The molecule has 1 aliphatic carbocycles. The van der Waals surface area contributed by atoms with Crippen molar-refractivity contribution < 1.29 is 0 Å². The van der Waals surface area contributed by atoms with Gasteiger partial charge < -0.3 is 5.32 Å². The molecule has 1 aliphatic heterocycles. The molecular weight excluding hydrogens is 256 g/mol. The molecule has 0 bridgehead atoms. The first kappa shape index (κ1) is 15.1. The van der Waals surface area contributed by atoms with Crippen LogP contribution >= 0.6 is 0 Å². The Hall–Kier alpha value is -0.860. The summed E-state index contributed by atoms with van der Waals surface area (Å²) in [7, 11) is 0. The maximum atomic E-state index is 3.80. The molecule has 0 aromatic heterocycles. The number of hydrogen-bond acceptors (Lipinski definition) is 2. The summed E-state index contributed by atoms with van der Waals surface area (Å²) in [5, 5.41) is 3.80. The van der Waals surface area contributed by atoms with E-state index in [0.717, 1.165) is 12.5 Å². The highest BCUT2D eigenvalue weighted by molar-refractivity contribution is 5.28. The van der Waals surface area contributed by atoms with Crippen molar-refractivity contribution in [3.63, 3.8) is 0 Å². The molecule has 1 heterocycles. The summed E-state index contributed by atoms with van der Waals surface area (Å²) in [6.07, 6.45) is 7.20. The third-order valence-electron chi connectivity index (χ3n) is 5.64. The number of piperazine rings is 1. The van der Waals surface area contributed by atoms with Crippen LogP contribution in [0.1, 0.15) is 56.2 Å². The number of nitrogens with zero attached hydrogens (tertiary/aromatic N) is 1. The Morgan fingerprint density at radius 1 is 1.14 bits per heavy atom. The van der Waals surface area contributed by atoms with Gasteiger partial charge in [0.1, 0.15) is 0 Å². The Kier molecular flexibility index (Phi) is 4.97. The minimum absolute atomic E-state index is 0.541. The van der Waals surface area contributed by atoms with Gasteiger partial charge in [-0.25, -0.2) is 0 Å². The predicted molar refractivity (Wildman–Crippen MR) is 89.5 cm³/mol. The molecule has 1 saturated carbocycles. The van der Waals surface area contributed by atoms with Gasteiger partial charge in [0.2, 0.25) is 0 Å². The van der Waals surface area contributed by atoms with E-state index in [1.54, 1.807) is 0 Å². The number of benzene rings is 1. The SMILES string of the molecule is Cc1ccccc1C(C)N1CCNC(C2CCCCC2)C1. The first-order chi connectivity index (χ1) is 10.3. The molecule has 0 spiro atoms. The summed E-state index contributed by atoms with van der Waals surface area (Å²) in [5.41, 5.74) is 2.93. The highest BCUT2D eigenvalue weighted by atomic mass is 15.2. The van der Waals surface area contributed by atoms with Crippen molar-refractivity contribution in [2.45, 2.75) is 58.0 Å². The molecule has 116 valence electrons. The third-order valence-corrected chi connectivity index (χ3v) is 5.64. The molecular formula is C19H30N2. The molecule has 0 amide bonds. The van der Waals surface area contributed by atoms with E-state index >= 15 is 0 Å². The zero-order chi connectivity index (χ0) is 14.7. The zero-order valence-electron chi connectivity index (χ0n) is 13.6. The summed E-state index contributed by atoms with van der Waals surface area (Å²) in [6.45, 7) is 8.18. The van der Waals surface area contributed by atoms with Gasteiger partial charge in [0, 0.05) is 31.7 Å². The smallest absolute Gasteiger partial charge is 0.0323 e. The van der Waals surface area contributed by atoms with Gasteiger partial charge >= 0.3 is 0 Å². The number of aryl methyl sites for hydroxylation is 1. The molecule has 1 aromatic rings. The van der Waals surface area contributed by atoms with Crippen molar-refractivity contribution in [2.75, 3.05) is 19.6 Å². The van der Waals surface area contributed by atoms with E-state index in [2.05, 4.69) is 48.3 Å². The monoisotopic (exact) mass is 286 g/mol. The molecule has 2 heteroatoms. The molecule has 1 saturated heterocycles. The Balaban J connectivity index is 1.66. The van der Waals surface area contributed by atoms with Gasteiger partial charge in [-0.3, -0.25) is 4.90 Å². The fourth-order valence-electron chi connectivity index (χ4n) is 4.26. The predicted octanol–water partition coefficient (Wildman–Crippen LogP) is 3.91. The molecule has 2 atom stereocenters. The van der Waals surface area contributed by atoms with Crippen LogP contribution < -0.4 is 5.32 Å². The summed E-state index contributed by atoms with van der Waals surface area (Å²) >= 11 is 0. The largest absolute Gasteiger partial charge is 0.311 e. The van der Waals surface area contributed by atoms with Crippen LogP contribution in [0.25, 0.3) is 0 Å². The lowest BCUT2D eigenvalue weighted by Gasteiger charge is -2.42. The normalized spacial score (nSPS) is 26.7. The van der Waals surface area contributed by atoms with Crippen molar-refractivity contribution in [3.8, 4) is 0 Å². The van der Waals surface area contributed by atoms with Crippen LogP contribution in [0, 0.1) is 12.8 Å². The molecule has 3 rings (SSSR count). The standard InChI is InChI=1S/C19H30N2/c1-15-8-6-7-11-18(15)16(2)21-13-12-20-19(14-21)17-9-4-3-5-10-17/h6-8,11,16-17,19-20H,3-5,9-10,12-14H2,1-2H3. The van der Waals surface area contributed by atoms with E-state index in [1.165, 1.54) is 56.3 Å². The molecule has 1 aromatic carbocycles. The van der Waals surface area contributed by atoms with Gasteiger partial charge in [0.25, 0.3) is 0 Å². The Morgan fingerprint density at radius 3 is 2.67 bits per heavy atom. The van der Waals surface area contributed by atoms with E-state index < -0.39 is 0 Å². The maximum absolute atomic E-state index is 3.80. The molecule has 2 fully saturated rings. The van der Waals surface area contributed by atoms with E-state index in [4.69, 9.17) is 0 Å². The van der Waals surface area contributed by atoms with Crippen molar-refractivity contribution in [3.05, 3.63) is 35.4 Å². The number of rotatable bonds is 3. The highest BCUT2D eigenvalue weighted by Gasteiger charge is 2.30. The van der Waals surface area contributed by atoms with Crippen LogP contribution in [0.5, 0.6) is 0 Å². The lowest BCUT2D eigenvalue weighted by Crippen LogP contribution is -2.54. The fourth-order valence-corrected chi connectivity index (χ4v) is 4.26. The lowest BCUT2D eigenvalue weighted by molar-refractivity contribution is 0.114. The van der Waals surface area contributed by atoms with Crippen LogP contribution in [0.2, 0.25) is 0 Å². The summed E-state index contributed by atoms with van der Waals surface area (Å²) in [4.78, 5) is 2.69. The second-order valence-electron chi connectivity index (χ2n) is 6.99. The van der Waals surface area contributed by atoms with Crippen molar-refractivity contribution in [1.29, 1.82) is 0 Å². The summed E-state index contributed by atoms with van der Waals surface area (Å²) < 4.78 is 0. The lowest BCUT2D eigenvalue weighted by atomic mass is 9.83. The van der Waals surface area contributed by atoms with E-state index in [9.17, 15) is 0 Å². The Bertz CT molecular complexity index is 451. The molecule has 0 radical (unpaired) electrons. The maximum Gasteiger partial charge on any atom is 0.0323 e. The first-order valence-electron chi connectivity index (χ1n) is 8.78. The van der Waals surface area contributed by atoms with Crippen LogP contribution in [0.3, 0.4) is 0 Å². The number of nitrogens with one attached hydrogen (secondary N) is 1. The Morgan fingerprint density at radius 2 is 1.90 bits per heavy atom. The quantitative estimate of drug-likeness (QED) is 0.906. The van der Waals surface area contributed by atoms with Gasteiger partial charge in [-0.2, -0.15) is 0 Å². The third kappa shape index (κ3) is 3.49. The topological polar surface area (TPSA) is 15.3 Å². The minimum atomic E-state index is 0.541. The van der Waals surface area contributed by atoms with Crippen LogP contribution in [0.4, 0.5) is 0 Å². The van der Waals surface area contributed by atoms with Crippen molar-refractivity contribution in [1.82, 2.24) is 10.2 Å². The van der Waals surface area contributed by atoms with E-state index in [0.29, 0.717) is 12.1 Å². The average Bonchev–Trinajstić information content (AvgIpc) is 2.56. The Labute approximate surface area is 129 Å². The molecule has 1 N–H and O–H groups in total. The molecule has 2 unspecified atom stereocenters. The van der Waals surface area contributed by atoms with Crippen LogP contribution in [-0.4, -0.2) is 30.6 Å². The molecule has 2 nitrogen and oxygen atoms in total. The van der Waals surface area contributed by atoms with Gasteiger partial charge in [0.15, 0.2) is 0 Å². The molecule has 21 heavy (non-hydrogen) atoms. The average molecular weight is 286 g/mol. The van der Waals surface area contributed by atoms with Gasteiger partial charge in [-0.15, -0.1) is 0 Å². The fraction of sp³-hybridized carbons (Fsp3) is 0.684. The van der Waals surface area contributed by atoms with E-state index in [1.807, 2.05) is 0 Å². The number of hydrogen-bond donors (Lipinski definition) is 1. The van der Waals surface area contributed by atoms with Gasteiger partial charge in [-0.05, 0) is 43.7 Å². The second-order valence-corrected chi connectivity index (χ2v) is 6.99. The van der Waals surface area contributed by atoms with Crippen LogP contribution in [-0.2, 0) is 0 Å². The summed E-state index contributed by atoms with van der Waals surface area (Å²) in [6, 6.07) is 10.1. The minimum Gasteiger partial charge on any atom is -0.311 e. The first-order valence-corrected chi connectivity index (χ1v) is 8.78. The molecule has 2 aliphatic rings. The highest BCUT2D eigenvalue weighted by Crippen LogP contribution is 2.30. The van der Waals surface area contributed by atoms with Crippen molar-refractivity contribution in [2.24, 2.45) is 5.92 Å². The zero-order valence-corrected chi connectivity index (χ0v) is 13.6.